The van der Waals surface area contributed by atoms with Crippen molar-refractivity contribution in [2.75, 3.05) is 13.2 Å². The summed E-state index contributed by atoms with van der Waals surface area (Å²) in [6.45, 7) is 3.48. The third-order valence-electron chi connectivity index (χ3n) is 3.73. The van der Waals surface area contributed by atoms with Gasteiger partial charge < -0.3 is 14.6 Å². The van der Waals surface area contributed by atoms with Crippen molar-refractivity contribution in [1.82, 2.24) is 0 Å². The first-order valence-electron chi connectivity index (χ1n) is 6.29. The molecule has 3 nitrogen and oxygen atoms in total. The van der Waals surface area contributed by atoms with Gasteiger partial charge in [-0.25, -0.2) is 0 Å². The molecular weight excluding hydrogens is 216 g/mol. The Morgan fingerprint density at radius 1 is 1.41 bits per heavy atom. The molecule has 0 bridgehead atoms. The Bertz CT molecular complexity index is 416. The van der Waals surface area contributed by atoms with Crippen LogP contribution in [0.1, 0.15) is 30.6 Å². The summed E-state index contributed by atoms with van der Waals surface area (Å²) in [4.78, 5) is 0. The zero-order chi connectivity index (χ0) is 11.8. The smallest absolute Gasteiger partial charge is 0.122 e. The zero-order valence-electron chi connectivity index (χ0n) is 10.1. The van der Waals surface area contributed by atoms with Crippen molar-refractivity contribution in [1.29, 1.82) is 0 Å². The van der Waals surface area contributed by atoms with E-state index in [9.17, 15) is 5.11 Å². The van der Waals surface area contributed by atoms with Gasteiger partial charge in [-0.15, -0.1) is 0 Å². The Hall–Kier alpha value is -1.06. The first-order valence-corrected chi connectivity index (χ1v) is 6.29. The maximum Gasteiger partial charge on any atom is 0.122 e. The molecule has 17 heavy (non-hydrogen) atoms. The van der Waals surface area contributed by atoms with Gasteiger partial charge in [-0.2, -0.15) is 0 Å². The van der Waals surface area contributed by atoms with Crippen molar-refractivity contribution < 1.29 is 14.6 Å². The van der Waals surface area contributed by atoms with Gasteiger partial charge in [0.05, 0.1) is 25.4 Å². The second-order valence-electron chi connectivity index (χ2n) is 5.05. The van der Waals surface area contributed by atoms with Crippen LogP contribution in [0.4, 0.5) is 0 Å². The van der Waals surface area contributed by atoms with Gasteiger partial charge in [0.15, 0.2) is 0 Å². The molecule has 0 amide bonds. The van der Waals surface area contributed by atoms with Crippen LogP contribution in [0.15, 0.2) is 18.2 Å². The molecule has 3 atom stereocenters. The van der Waals surface area contributed by atoms with Gasteiger partial charge in [0, 0.05) is 12.3 Å². The first-order chi connectivity index (χ1) is 8.24. The van der Waals surface area contributed by atoms with Crippen molar-refractivity contribution >= 4 is 0 Å². The average Bonchev–Trinajstić information content (AvgIpc) is 2.95. The third kappa shape index (κ3) is 2.05. The minimum Gasteiger partial charge on any atom is -0.493 e. The monoisotopic (exact) mass is 234 g/mol. The Balaban J connectivity index is 1.79. The number of hydrogen-bond donors (Lipinski definition) is 1. The number of rotatable bonds is 2. The Morgan fingerprint density at radius 3 is 3.06 bits per heavy atom. The lowest BCUT2D eigenvalue weighted by atomic mass is 9.92. The second kappa shape index (κ2) is 4.31. The molecule has 1 fully saturated rings. The molecule has 2 aliphatic heterocycles. The topological polar surface area (TPSA) is 38.7 Å². The number of benzene rings is 1. The van der Waals surface area contributed by atoms with E-state index in [-0.39, 0.29) is 12.0 Å². The van der Waals surface area contributed by atoms with E-state index in [0.29, 0.717) is 6.61 Å². The molecule has 2 heterocycles. The highest BCUT2D eigenvalue weighted by Gasteiger charge is 2.29. The molecule has 0 radical (unpaired) electrons. The van der Waals surface area contributed by atoms with E-state index in [1.54, 1.807) is 0 Å². The normalized spacial score (nSPS) is 28.8. The fourth-order valence-electron chi connectivity index (χ4n) is 2.73. The van der Waals surface area contributed by atoms with Crippen molar-refractivity contribution in [3.05, 3.63) is 29.3 Å². The molecule has 92 valence electrons. The summed E-state index contributed by atoms with van der Waals surface area (Å²) < 4.78 is 11.0. The third-order valence-corrected chi connectivity index (χ3v) is 3.73. The van der Waals surface area contributed by atoms with E-state index >= 15 is 0 Å². The summed E-state index contributed by atoms with van der Waals surface area (Å²) >= 11 is 0. The lowest BCUT2D eigenvalue weighted by molar-refractivity contribution is 0.0803. The van der Waals surface area contributed by atoms with Crippen molar-refractivity contribution in [2.45, 2.75) is 32.0 Å². The predicted octanol–water partition coefficient (Wildman–Crippen LogP) is 2.08. The summed E-state index contributed by atoms with van der Waals surface area (Å²) in [6, 6.07) is 6.02. The van der Waals surface area contributed by atoms with Gasteiger partial charge in [0.2, 0.25) is 0 Å². The highest BCUT2D eigenvalue weighted by atomic mass is 16.5. The van der Waals surface area contributed by atoms with E-state index in [1.165, 1.54) is 5.56 Å². The maximum atomic E-state index is 10.3. The summed E-state index contributed by atoms with van der Waals surface area (Å²) in [5.74, 6) is 1.20. The van der Waals surface area contributed by atoms with Crippen LogP contribution < -0.4 is 4.74 Å². The molecule has 1 aromatic carbocycles. The van der Waals surface area contributed by atoms with Crippen LogP contribution in [0.5, 0.6) is 5.75 Å². The Morgan fingerprint density at radius 2 is 2.29 bits per heavy atom. The number of fused-ring (bicyclic) bond motifs is 1. The number of aliphatic hydroxyl groups is 1. The molecule has 0 saturated carbocycles. The fraction of sp³-hybridized carbons (Fsp3) is 0.571. The van der Waals surface area contributed by atoms with Gasteiger partial charge in [-0.1, -0.05) is 6.07 Å². The molecule has 1 N–H and O–H groups in total. The van der Waals surface area contributed by atoms with E-state index < -0.39 is 6.10 Å². The standard InChI is InChI=1S/C14H18O3/c1-9-6-12(8-17-9)14(15)11-2-3-13-10(7-11)4-5-16-13/h2-3,7,9,12,14-15H,4-6,8H2,1H3. The number of hydrogen-bond acceptors (Lipinski definition) is 3. The van der Waals surface area contributed by atoms with Crippen LogP contribution in [-0.2, 0) is 11.2 Å². The molecule has 1 aromatic rings. The number of ether oxygens (including phenoxy) is 2. The number of aliphatic hydroxyl groups excluding tert-OH is 1. The van der Waals surface area contributed by atoms with Crippen molar-refractivity contribution in [2.24, 2.45) is 5.92 Å². The molecular formula is C14H18O3. The lowest BCUT2D eigenvalue weighted by Gasteiger charge is -2.17. The first kappa shape index (κ1) is 11.1. The van der Waals surface area contributed by atoms with Gasteiger partial charge in [-0.05, 0) is 36.6 Å². The van der Waals surface area contributed by atoms with Crippen LogP contribution in [-0.4, -0.2) is 24.4 Å². The maximum absolute atomic E-state index is 10.3. The van der Waals surface area contributed by atoms with E-state index in [0.717, 1.165) is 30.8 Å². The van der Waals surface area contributed by atoms with Crippen molar-refractivity contribution in [3.8, 4) is 5.75 Å². The molecule has 3 heteroatoms. The zero-order valence-corrected chi connectivity index (χ0v) is 10.1. The fourth-order valence-corrected chi connectivity index (χ4v) is 2.73. The van der Waals surface area contributed by atoms with Crippen LogP contribution in [0.2, 0.25) is 0 Å². The van der Waals surface area contributed by atoms with Crippen LogP contribution in [0.25, 0.3) is 0 Å². The second-order valence-corrected chi connectivity index (χ2v) is 5.05. The van der Waals surface area contributed by atoms with E-state index in [4.69, 9.17) is 9.47 Å². The molecule has 3 rings (SSSR count). The average molecular weight is 234 g/mol. The van der Waals surface area contributed by atoms with E-state index in [1.807, 2.05) is 12.1 Å². The van der Waals surface area contributed by atoms with Gasteiger partial charge in [-0.3, -0.25) is 0 Å². The SMILES string of the molecule is CC1CC(C(O)c2ccc3c(c2)CCO3)CO1. The summed E-state index contributed by atoms with van der Waals surface area (Å²) in [5.41, 5.74) is 2.21. The summed E-state index contributed by atoms with van der Waals surface area (Å²) in [6.07, 6.45) is 1.75. The Labute approximate surface area is 101 Å². The molecule has 0 aliphatic carbocycles. The van der Waals surface area contributed by atoms with Gasteiger partial charge >= 0.3 is 0 Å². The summed E-state index contributed by atoms with van der Waals surface area (Å²) in [7, 11) is 0. The van der Waals surface area contributed by atoms with Gasteiger partial charge in [0.1, 0.15) is 5.75 Å². The highest BCUT2D eigenvalue weighted by Crippen LogP contribution is 2.34. The van der Waals surface area contributed by atoms with E-state index in [2.05, 4.69) is 13.0 Å². The minimum absolute atomic E-state index is 0.227. The van der Waals surface area contributed by atoms with Crippen molar-refractivity contribution in [3.63, 3.8) is 0 Å². The highest BCUT2D eigenvalue weighted by molar-refractivity contribution is 5.40. The predicted molar refractivity (Wildman–Crippen MR) is 64.1 cm³/mol. The molecule has 3 unspecified atom stereocenters. The van der Waals surface area contributed by atoms with Crippen LogP contribution >= 0.6 is 0 Å². The molecule has 0 spiro atoms. The van der Waals surface area contributed by atoms with Crippen LogP contribution in [0.3, 0.4) is 0 Å². The quantitative estimate of drug-likeness (QED) is 0.851. The summed E-state index contributed by atoms with van der Waals surface area (Å²) in [5, 5.41) is 10.3. The molecule has 2 aliphatic rings. The molecule has 0 aromatic heterocycles. The lowest BCUT2D eigenvalue weighted by Crippen LogP contribution is -2.12. The Kier molecular flexibility index (Phi) is 2.81. The molecule has 1 saturated heterocycles. The minimum atomic E-state index is -0.411. The van der Waals surface area contributed by atoms with Gasteiger partial charge in [0.25, 0.3) is 0 Å². The largest absolute Gasteiger partial charge is 0.493 e. The van der Waals surface area contributed by atoms with Crippen LogP contribution in [0, 0.1) is 5.92 Å².